The van der Waals surface area contributed by atoms with Crippen LogP contribution in [-0.4, -0.2) is 42.2 Å². The Hall–Kier alpha value is -1.18. The van der Waals surface area contributed by atoms with Crippen molar-refractivity contribution in [2.24, 2.45) is 0 Å². The number of carbonyl (C=O) groups excluding carboxylic acids is 1. The van der Waals surface area contributed by atoms with Crippen molar-refractivity contribution in [1.82, 2.24) is 14.6 Å². The molecule has 2 heterocycles. The van der Waals surface area contributed by atoms with Crippen LogP contribution in [0, 0.1) is 0 Å². The Bertz CT molecular complexity index is 615. The van der Waals surface area contributed by atoms with Gasteiger partial charge in [-0.2, -0.15) is 4.31 Å². The number of aromatic nitrogens is 1. The number of nitrogens with zero attached hydrogens (tertiary/aromatic N) is 2. The van der Waals surface area contributed by atoms with Crippen molar-refractivity contribution >= 4 is 27.5 Å². The molecule has 2 rings (SSSR count). The Morgan fingerprint density at radius 2 is 2.16 bits per heavy atom. The van der Waals surface area contributed by atoms with Gasteiger partial charge >= 0.3 is 0 Å². The van der Waals surface area contributed by atoms with E-state index in [9.17, 15) is 13.2 Å². The molecule has 1 amide bonds. The fraction of sp³-hybridized carbons (Fsp3) is 0.455. The van der Waals surface area contributed by atoms with Gasteiger partial charge in [-0.05, 0) is 26.0 Å². The van der Waals surface area contributed by atoms with E-state index < -0.39 is 15.6 Å². The van der Waals surface area contributed by atoms with Crippen LogP contribution >= 0.6 is 11.6 Å². The third kappa shape index (κ3) is 2.45. The van der Waals surface area contributed by atoms with E-state index in [0.29, 0.717) is 6.54 Å². The molecule has 1 aliphatic rings. The summed E-state index contributed by atoms with van der Waals surface area (Å²) in [7, 11) is -3.78. The van der Waals surface area contributed by atoms with E-state index in [0.717, 1.165) is 0 Å². The topological polar surface area (TPSA) is 79.4 Å². The van der Waals surface area contributed by atoms with Gasteiger partial charge in [-0.1, -0.05) is 11.6 Å². The summed E-state index contributed by atoms with van der Waals surface area (Å²) in [5.74, 6) is -0.317. The van der Waals surface area contributed by atoms with Crippen molar-refractivity contribution in [2.75, 3.05) is 13.1 Å². The highest BCUT2D eigenvalue weighted by Gasteiger charge is 2.44. The van der Waals surface area contributed by atoms with Crippen molar-refractivity contribution < 1.29 is 13.2 Å². The molecule has 0 unspecified atom stereocenters. The minimum atomic E-state index is -3.78. The molecule has 1 aromatic heterocycles. The quantitative estimate of drug-likeness (QED) is 0.813. The Labute approximate surface area is 116 Å². The third-order valence-corrected chi connectivity index (χ3v) is 5.34. The number of carbonyl (C=O) groups is 1. The van der Waals surface area contributed by atoms with Gasteiger partial charge in [-0.15, -0.1) is 0 Å². The molecule has 0 saturated carbocycles. The lowest BCUT2D eigenvalue weighted by molar-refractivity contribution is -0.131. The van der Waals surface area contributed by atoms with Crippen molar-refractivity contribution in [3.8, 4) is 0 Å². The Balaban J connectivity index is 2.47. The van der Waals surface area contributed by atoms with Gasteiger partial charge in [0, 0.05) is 19.3 Å². The van der Waals surface area contributed by atoms with Gasteiger partial charge in [-0.3, -0.25) is 4.79 Å². The van der Waals surface area contributed by atoms with Crippen molar-refractivity contribution in [3.63, 3.8) is 0 Å². The molecule has 0 aromatic carbocycles. The van der Waals surface area contributed by atoms with Gasteiger partial charge in [0.05, 0.1) is 4.90 Å². The standard InChI is InChI=1S/C11H14ClN3O3S/c1-11(2)10(16)14-5-6-15(11)19(17,18)8-3-4-13-9(12)7-8/h3-4,7H,5-6H2,1-2H3,(H,14,16). The molecule has 1 fully saturated rings. The van der Waals surface area contributed by atoms with Gasteiger partial charge in [0.15, 0.2) is 0 Å². The number of hydrogen-bond donors (Lipinski definition) is 1. The first-order valence-corrected chi connectivity index (χ1v) is 7.51. The Morgan fingerprint density at radius 3 is 2.79 bits per heavy atom. The number of nitrogens with one attached hydrogen (secondary N) is 1. The largest absolute Gasteiger partial charge is 0.353 e. The fourth-order valence-corrected chi connectivity index (χ4v) is 3.97. The lowest BCUT2D eigenvalue weighted by Crippen LogP contribution is -2.63. The maximum Gasteiger partial charge on any atom is 0.244 e. The maximum atomic E-state index is 12.6. The van der Waals surface area contributed by atoms with Crippen LogP contribution in [0.15, 0.2) is 23.2 Å². The zero-order chi connectivity index (χ0) is 14.3. The summed E-state index contributed by atoms with van der Waals surface area (Å²) in [5.41, 5.74) is -1.13. The highest BCUT2D eigenvalue weighted by Crippen LogP contribution is 2.27. The molecule has 0 atom stereocenters. The minimum absolute atomic E-state index is 0.0373. The molecule has 19 heavy (non-hydrogen) atoms. The van der Waals surface area contributed by atoms with E-state index >= 15 is 0 Å². The summed E-state index contributed by atoms with van der Waals surface area (Å²) in [4.78, 5) is 15.6. The monoisotopic (exact) mass is 303 g/mol. The summed E-state index contributed by atoms with van der Waals surface area (Å²) >= 11 is 5.72. The van der Waals surface area contributed by atoms with E-state index in [1.807, 2.05) is 0 Å². The van der Waals surface area contributed by atoms with E-state index in [1.54, 1.807) is 13.8 Å². The molecule has 8 heteroatoms. The zero-order valence-corrected chi connectivity index (χ0v) is 12.1. The third-order valence-electron chi connectivity index (χ3n) is 3.07. The Kier molecular flexibility index (Phi) is 3.55. The molecular weight excluding hydrogens is 290 g/mol. The average Bonchev–Trinajstić information content (AvgIpc) is 2.32. The lowest BCUT2D eigenvalue weighted by atomic mass is 10.0. The van der Waals surface area contributed by atoms with Crippen LogP contribution in [0.1, 0.15) is 13.8 Å². The second-order valence-electron chi connectivity index (χ2n) is 4.71. The Morgan fingerprint density at radius 1 is 1.47 bits per heavy atom. The maximum absolute atomic E-state index is 12.6. The molecule has 0 radical (unpaired) electrons. The normalized spacial score (nSPS) is 20.1. The number of rotatable bonds is 2. The molecule has 1 saturated heterocycles. The van der Waals surface area contributed by atoms with Gasteiger partial charge in [0.1, 0.15) is 10.7 Å². The zero-order valence-electron chi connectivity index (χ0n) is 10.6. The second kappa shape index (κ2) is 4.73. The molecule has 0 bridgehead atoms. The number of halogens is 1. The van der Waals surface area contributed by atoms with Crippen LogP contribution in [0.25, 0.3) is 0 Å². The smallest absolute Gasteiger partial charge is 0.244 e. The van der Waals surface area contributed by atoms with Crippen LogP contribution in [0.4, 0.5) is 0 Å². The first kappa shape index (κ1) is 14.2. The highest BCUT2D eigenvalue weighted by molar-refractivity contribution is 7.89. The predicted octanol–water partition coefficient (Wildman–Crippen LogP) is 0.634. The number of sulfonamides is 1. The molecule has 104 valence electrons. The molecule has 1 aromatic rings. The fourth-order valence-electron chi connectivity index (χ4n) is 1.97. The summed E-state index contributed by atoms with van der Waals surface area (Å²) < 4.78 is 26.3. The first-order chi connectivity index (χ1) is 8.76. The van der Waals surface area contributed by atoms with Gasteiger partial charge in [0.25, 0.3) is 0 Å². The second-order valence-corrected chi connectivity index (χ2v) is 6.96. The summed E-state index contributed by atoms with van der Waals surface area (Å²) in [6.07, 6.45) is 1.33. The van der Waals surface area contributed by atoms with Crippen LogP contribution in [0.2, 0.25) is 5.15 Å². The minimum Gasteiger partial charge on any atom is -0.353 e. The highest BCUT2D eigenvalue weighted by atomic mass is 35.5. The first-order valence-electron chi connectivity index (χ1n) is 5.69. The van der Waals surface area contributed by atoms with E-state index in [-0.39, 0.29) is 22.5 Å². The van der Waals surface area contributed by atoms with E-state index in [4.69, 9.17) is 11.6 Å². The van der Waals surface area contributed by atoms with Crippen molar-refractivity contribution in [3.05, 3.63) is 23.5 Å². The molecule has 1 aliphatic heterocycles. The van der Waals surface area contributed by atoms with Gasteiger partial charge in [-0.25, -0.2) is 13.4 Å². The van der Waals surface area contributed by atoms with E-state index in [1.165, 1.54) is 22.6 Å². The molecule has 1 N–H and O–H groups in total. The van der Waals surface area contributed by atoms with Crippen LogP contribution in [0.3, 0.4) is 0 Å². The molecule has 6 nitrogen and oxygen atoms in total. The summed E-state index contributed by atoms with van der Waals surface area (Å²) in [5, 5.41) is 2.75. The number of pyridine rings is 1. The van der Waals surface area contributed by atoms with Gasteiger partial charge in [0.2, 0.25) is 15.9 Å². The summed E-state index contributed by atoms with van der Waals surface area (Å²) in [6.45, 7) is 3.66. The number of hydrogen-bond acceptors (Lipinski definition) is 4. The van der Waals surface area contributed by atoms with E-state index in [2.05, 4.69) is 10.3 Å². The van der Waals surface area contributed by atoms with Crippen LogP contribution < -0.4 is 5.32 Å². The molecular formula is C11H14ClN3O3S. The van der Waals surface area contributed by atoms with Crippen LogP contribution in [-0.2, 0) is 14.8 Å². The SMILES string of the molecule is CC1(C)C(=O)NCCN1S(=O)(=O)c1ccnc(Cl)c1. The molecule has 0 spiro atoms. The van der Waals surface area contributed by atoms with Crippen molar-refractivity contribution in [1.29, 1.82) is 0 Å². The number of piperazine rings is 1. The van der Waals surface area contributed by atoms with Gasteiger partial charge < -0.3 is 5.32 Å². The molecule has 0 aliphatic carbocycles. The lowest BCUT2D eigenvalue weighted by Gasteiger charge is -2.39. The van der Waals surface area contributed by atoms with Crippen molar-refractivity contribution in [2.45, 2.75) is 24.3 Å². The number of amides is 1. The summed E-state index contributed by atoms with van der Waals surface area (Å²) in [6, 6.07) is 2.64. The predicted molar refractivity (Wildman–Crippen MR) is 70.2 cm³/mol. The average molecular weight is 304 g/mol. The van der Waals surface area contributed by atoms with Crippen LogP contribution in [0.5, 0.6) is 0 Å².